The quantitative estimate of drug-likeness (QED) is 0.737. The number of hydrogen-bond donors (Lipinski definition) is 0. The van der Waals surface area contributed by atoms with Crippen LogP contribution in [0, 0.1) is 0 Å². The zero-order valence-electron chi connectivity index (χ0n) is 12.3. The zero-order chi connectivity index (χ0) is 14.8. The van der Waals surface area contributed by atoms with Crippen molar-refractivity contribution in [3.05, 3.63) is 36.7 Å². The number of ether oxygens (including phenoxy) is 1. The first-order valence-corrected chi connectivity index (χ1v) is 7.57. The second kappa shape index (κ2) is 5.90. The number of furan rings is 1. The summed E-state index contributed by atoms with van der Waals surface area (Å²) in [5.74, 6) is 1.62. The molecule has 4 rings (SSSR count). The molecule has 4 heterocycles. The van der Waals surface area contributed by atoms with E-state index in [-0.39, 0.29) is 0 Å². The number of pyridine rings is 1. The van der Waals surface area contributed by atoms with Gasteiger partial charge in [-0.15, -0.1) is 0 Å². The minimum absolute atomic E-state index is 0.778. The van der Waals surface area contributed by atoms with Crippen LogP contribution in [0.15, 0.2) is 41.1 Å². The Balaban J connectivity index is 1.66. The Morgan fingerprint density at radius 1 is 1.09 bits per heavy atom. The number of morpholine rings is 1. The minimum atomic E-state index is 0.778. The molecule has 0 bridgehead atoms. The van der Waals surface area contributed by atoms with Crippen LogP contribution in [0.4, 0.5) is 0 Å². The van der Waals surface area contributed by atoms with E-state index in [1.54, 1.807) is 12.5 Å². The van der Waals surface area contributed by atoms with Crippen molar-refractivity contribution < 1.29 is 9.15 Å². The van der Waals surface area contributed by atoms with Crippen molar-refractivity contribution in [3.8, 4) is 11.6 Å². The van der Waals surface area contributed by atoms with Crippen LogP contribution in [0.25, 0.3) is 22.7 Å². The van der Waals surface area contributed by atoms with Crippen molar-refractivity contribution in [3.63, 3.8) is 0 Å². The third-order valence-electron chi connectivity index (χ3n) is 3.99. The standard InChI is InChI=1S/C16H18N4O2/c1-3-13-15(17-5-1)20(7-6-19-8-11-21-12-9-19)16(18-13)14-4-2-10-22-14/h1-5,10H,6-9,11-12H2. The fraction of sp³-hybridized carbons (Fsp3) is 0.375. The monoisotopic (exact) mass is 298 g/mol. The van der Waals surface area contributed by atoms with E-state index in [0.29, 0.717) is 0 Å². The fourth-order valence-corrected chi connectivity index (χ4v) is 2.83. The number of nitrogens with zero attached hydrogens (tertiary/aromatic N) is 4. The van der Waals surface area contributed by atoms with Gasteiger partial charge in [0.15, 0.2) is 17.2 Å². The molecular formula is C16H18N4O2. The van der Waals surface area contributed by atoms with E-state index in [2.05, 4.69) is 19.4 Å². The molecule has 6 nitrogen and oxygen atoms in total. The summed E-state index contributed by atoms with van der Waals surface area (Å²) in [5, 5.41) is 0. The minimum Gasteiger partial charge on any atom is -0.461 e. The molecule has 114 valence electrons. The number of rotatable bonds is 4. The van der Waals surface area contributed by atoms with E-state index in [1.165, 1.54) is 0 Å². The normalized spacial score (nSPS) is 16.4. The Kier molecular flexibility index (Phi) is 3.62. The van der Waals surface area contributed by atoms with Crippen LogP contribution in [0.2, 0.25) is 0 Å². The van der Waals surface area contributed by atoms with Gasteiger partial charge in [-0.1, -0.05) is 0 Å². The van der Waals surface area contributed by atoms with Gasteiger partial charge in [0, 0.05) is 32.4 Å². The molecule has 3 aromatic rings. The first-order chi connectivity index (χ1) is 10.9. The highest BCUT2D eigenvalue weighted by Gasteiger charge is 2.17. The molecule has 3 aromatic heterocycles. The average molecular weight is 298 g/mol. The number of fused-ring (bicyclic) bond motifs is 1. The second-order valence-corrected chi connectivity index (χ2v) is 5.36. The maximum Gasteiger partial charge on any atom is 0.178 e. The van der Waals surface area contributed by atoms with Crippen molar-refractivity contribution in [2.24, 2.45) is 0 Å². The number of imidazole rings is 1. The molecule has 1 aliphatic rings. The smallest absolute Gasteiger partial charge is 0.178 e. The van der Waals surface area contributed by atoms with Gasteiger partial charge in [0.05, 0.1) is 19.5 Å². The molecule has 0 N–H and O–H groups in total. The van der Waals surface area contributed by atoms with Crippen LogP contribution in [0.3, 0.4) is 0 Å². The number of hydrogen-bond acceptors (Lipinski definition) is 5. The van der Waals surface area contributed by atoms with Crippen LogP contribution in [-0.4, -0.2) is 52.3 Å². The van der Waals surface area contributed by atoms with E-state index in [0.717, 1.165) is 62.1 Å². The van der Waals surface area contributed by atoms with Gasteiger partial charge in [0.1, 0.15) is 5.52 Å². The predicted molar refractivity (Wildman–Crippen MR) is 82.5 cm³/mol. The Morgan fingerprint density at radius 3 is 2.82 bits per heavy atom. The highest BCUT2D eigenvalue weighted by atomic mass is 16.5. The van der Waals surface area contributed by atoms with Crippen molar-refractivity contribution in [2.45, 2.75) is 6.54 Å². The molecule has 0 aliphatic carbocycles. The summed E-state index contributed by atoms with van der Waals surface area (Å²) in [6, 6.07) is 7.72. The molecule has 1 aliphatic heterocycles. The molecule has 6 heteroatoms. The largest absolute Gasteiger partial charge is 0.461 e. The molecule has 0 atom stereocenters. The van der Waals surface area contributed by atoms with Crippen molar-refractivity contribution in [1.82, 2.24) is 19.4 Å². The lowest BCUT2D eigenvalue weighted by Crippen LogP contribution is -2.38. The SMILES string of the molecule is c1coc(-c2nc3cccnc3n2CCN2CCOCC2)c1. The summed E-state index contributed by atoms with van der Waals surface area (Å²) in [6.07, 6.45) is 3.48. The van der Waals surface area contributed by atoms with Gasteiger partial charge in [0.2, 0.25) is 0 Å². The Hall–Kier alpha value is -2.18. The van der Waals surface area contributed by atoms with E-state index >= 15 is 0 Å². The van der Waals surface area contributed by atoms with Crippen LogP contribution < -0.4 is 0 Å². The highest BCUT2D eigenvalue weighted by Crippen LogP contribution is 2.23. The van der Waals surface area contributed by atoms with E-state index in [9.17, 15) is 0 Å². The fourth-order valence-electron chi connectivity index (χ4n) is 2.83. The number of aromatic nitrogens is 3. The van der Waals surface area contributed by atoms with Gasteiger partial charge in [-0.25, -0.2) is 9.97 Å². The van der Waals surface area contributed by atoms with Crippen molar-refractivity contribution in [2.75, 3.05) is 32.8 Å². The van der Waals surface area contributed by atoms with Gasteiger partial charge in [-0.05, 0) is 24.3 Å². The third kappa shape index (κ3) is 2.51. The van der Waals surface area contributed by atoms with Gasteiger partial charge in [-0.2, -0.15) is 0 Å². The molecule has 0 unspecified atom stereocenters. The summed E-state index contributed by atoms with van der Waals surface area (Å²) in [7, 11) is 0. The molecule has 1 fully saturated rings. The van der Waals surface area contributed by atoms with Crippen molar-refractivity contribution >= 4 is 11.2 Å². The van der Waals surface area contributed by atoms with Crippen LogP contribution in [0.1, 0.15) is 0 Å². The maximum absolute atomic E-state index is 5.54. The Bertz CT molecular complexity index is 745. The molecule has 0 spiro atoms. The summed E-state index contributed by atoms with van der Waals surface area (Å²) < 4.78 is 13.1. The summed E-state index contributed by atoms with van der Waals surface area (Å²) >= 11 is 0. The lowest BCUT2D eigenvalue weighted by molar-refractivity contribution is 0.0365. The van der Waals surface area contributed by atoms with Crippen LogP contribution in [0.5, 0.6) is 0 Å². The van der Waals surface area contributed by atoms with Gasteiger partial charge in [-0.3, -0.25) is 4.90 Å². The van der Waals surface area contributed by atoms with E-state index in [4.69, 9.17) is 9.15 Å². The first-order valence-electron chi connectivity index (χ1n) is 7.57. The predicted octanol–water partition coefficient (Wildman–Crippen LogP) is 2.02. The maximum atomic E-state index is 5.54. The third-order valence-corrected chi connectivity index (χ3v) is 3.99. The summed E-state index contributed by atoms with van der Waals surface area (Å²) in [6.45, 7) is 5.39. The first kappa shape index (κ1) is 13.5. The van der Waals surface area contributed by atoms with Crippen LogP contribution >= 0.6 is 0 Å². The van der Waals surface area contributed by atoms with E-state index < -0.39 is 0 Å². The topological polar surface area (TPSA) is 56.3 Å². The van der Waals surface area contributed by atoms with Gasteiger partial charge < -0.3 is 13.7 Å². The van der Waals surface area contributed by atoms with E-state index in [1.807, 2.05) is 24.3 Å². The molecule has 0 radical (unpaired) electrons. The molecule has 0 amide bonds. The van der Waals surface area contributed by atoms with Gasteiger partial charge in [0.25, 0.3) is 0 Å². The van der Waals surface area contributed by atoms with Gasteiger partial charge >= 0.3 is 0 Å². The Morgan fingerprint density at radius 2 is 2.00 bits per heavy atom. The van der Waals surface area contributed by atoms with Crippen LogP contribution in [-0.2, 0) is 11.3 Å². The zero-order valence-corrected chi connectivity index (χ0v) is 12.3. The molecule has 0 saturated carbocycles. The highest BCUT2D eigenvalue weighted by molar-refractivity contribution is 5.75. The molecule has 1 saturated heterocycles. The molecule has 0 aromatic carbocycles. The summed E-state index contributed by atoms with van der Waals surface area (Å²) in [4.78, 5) is 11.6. The average Bonchev–Trinajstić information content (AvgIpc) is 3.21. The van der Waals surface area contributed by atoms with Crippen molar-refractivity contribution in [1.29, 1.82) is 0 Å². The lowest BCUT2D eigenvalue weighted by Gasteiger charge is -2.26. The lowest BCUT2D eigenvalue weighted by atomic mass is 10.4. The summed E-state index contributed by atoms with van der Waals surface area (Å²) in [5.41, 5.74) is 1.80. The molecule has 22 heavy (non-hydrogen) atoms. The second-order valence-electron chi connectivity index (χ2n) is 5.36. The Labute approximate surface area is 128 Å². The molecular weight excluding hydrogens is 280 g/mol.